The lowest BCUT2D eigenvalue weighted by Crippen LogP contribution is -2.35. The van der Waals surface area contributed by atoms with Gasteiger partial charge in [-0.15, -0.1) is 0 Å². The Morgan fingerprint density at radius 2 is 1.80 bits per heavy atom. The highest BCUT2D eigenvalue weighted by atomic mass is 32.2. The SMILES string of the molecule is CCCCCCCCSC1CC(C(C)C)CC(=O)C1C. The second-order valence-corrected chi connectivity index (χ2v) is 8.22. The van der Waals surface area contributed by atoms with Gasteiger partial charge in [0, 0.05) is 17.6 Å². The number of Topliss-reactive ketones (excluding diaryl/α,β-unsaturated/α-hetero) is 1. The van der Waals surface area contributed by atoms with Gasteiger partial charge in [0.15, 0.2) is 0 Å². The lowest BCUT2D eigenvalue weighted by Gasteiger charge is -2.34. The first kappa shape index (κ1) is 18.1. The van der Waals surface area contributed by atoms with Gasteiger partial charge in [0.2, 0.25) is 0 Å². The molecule has 0 aromatic heterocycles. The van der Waals surface area contributed by atoms with Gasteiger partial charge in [-0.2, -0.15) is 11.8 Å². The van der Waals surface area contributed by atoms with Gasteiger partial charge in [-0.05, 0) is 30.4 Å². The standard InChI is InChI=1S/C18H34OS/c1-5-6-7-8-9-10-11-20-18-13-16(14(2)3)12-17(19)15(18)4/h14-16,18H,5-13H2,1-4H3. The smallest absolute Gasteiger partial charge is 0.137 e. The molecule has 1 saturated carbocycles. The lowest BCUT2D eigenvalue weighted by atomic mass is 9.76. The Hall–Kier alpha value is 0.0200. The van der Waals surface area contributed by atoms with Gasteiger partial charge in [0.05, 0.1) is 0 Å². The summed E-state index contributed by atoms with van der Waals surface area (Å²) in [7, 11) is 0. The number of hydrogen-bond donors (Lipinski definition) is 0. The Morgan fingerprint density at radius 1 is 1.15 bits per heavy atom. The van der Waals surface area contributed by atoms with Crippen LogP contribution in [0.2, 0.25) is 0 Å². The van der Waals surface area contributed by atoms with Crippen molar-refractivity contribution in [3.8, 4) is 0 Å². The van der Waals surface area contributed by atoms with Crippen LogP contribution in [-0.2, 0) is 4.79 Å². The quantitative estimate of drug-likeness (QED) is 0.506. The van der Waals surface area contributed by atoms with E-state index in [1.165, 1.54) is 50.7 Å². The Morgan fingerprint density at radius 3 is 2.45 bits per heavy atom. The molecule has 0 amide bonds. The fourth-order valence-electron chi connectivity index (χ4n) is 3.07. The number of ketones is 1. The predicted molar refractivity (Wildman–Crippen MR) is 91.4 cm³/mol. The van der Waals surface area contributed by atoms with Crippen LogP contribution in [0.1, 0.15) is 79.1 Å². The number of rotatable bonds is 9. The molecular formula is C18H34OS. The summed E-state index contributed by atoms with van der Waals surface area (Å²) < 4.78 is 0. The zero-order valence-electron chi connectivity index (χ0n) is 14.0. The van der Waals surface area contributed by atoms with Crippen LogP contribution in [0, 0.1) is 17.8 Å². The van der Waals surface area contributed by atoms with Crippen LogP contribution in [0.5, 0.6) is 0 Å². The Bertz CT molecular complexity index is 275. The molecule has 0 spiro atoms. The minimum Gasteiger partial charge on any atom is -0.299 e. The number of unbranched alkanes of at least 4 members (excludes halogenated alkanes) is 5. The van der Waals surface area contributed by atoms with E-state index in [4.69, 9.17) is 0 Å². The molecular weight excluding hydrogens is 264 g/mol. The van der Waals surface area contributed by atoms with Crippen molar-refractivity contribution in [2.24, 2.45) is 17.8 Å². The molecule has 3 atom stereocenters. The molecule has 1 aliphatic rings. The predicted octanol–water partition coefficient (Wildman–Crippen LogP) is 5.72. The van der Waals surface area contributed by atoms with Gasteiger partial charge in [0.1, 0.15) is 5.78 Å². The highest BCUT2D eigenvalue weighted by Crippen LogP contribution is 2.37. The fraction of sp³-hybridized carbons (Fsp3) is 0.944. The second-order valence-electron chi connectivity index (χ2n) is 6.88. The normalized spacial score (nSPS) is 27.2. The Balaban J connectivity index is 2.22. The van der Waals surface area contributed by atoms with Crippen molar-refractivity contribution >= 4 is 17.5 Å². The third-order valence-corrected chi connectivity index (χ3v) is 6.39. The fourth-order valence-corrected chi connectivity index (χ4v) is 4.57. The summed E-state index contributed by atoms with van der Waals surface area (Å²) in [5, 5.41) is 0.583. The molecule has 0 aliphatic heterocycles. The van der Waals surface area contributed by atoms with E-state index >= 15 is 0 Å². The topological polar surface area (TPSA) is 17.1 Å². The van der Waals surface area contributed by atoms with Gasteiger partial charge >= 0.3 is 0 Å². The van der Waals surface area contributed by atoms with Gasteiger partial charge in [0.25, 0.3) is 0 Å². The summed E-state index contributed by atoms with van der Waals surface area (Å²) in [6.07, 6.45) is 10.3. The van der Waals surface area contributed by atoms with Gasteiger partial charge < -0.3 is 0 Å². The molecule has 2 heteroatoms. The van der Waals surface area contributed by atoms with E-state index in [9.17, 15) is 4.79 Å². The summed E-state index contributed by atoms with van der Waals surface area (Å²) in [6.45, 7) is 8.95. The zero-order valence-corrected chi connectivity index (χ0v) is 14.8. The van der Waals surface area contributed by atoms with E-state index in [0.717, 1.165) is 6.42 Å². The first-order valence-electron chi connectivity index (χ1n) is 8.70. The van der Waals surface area contributed by atoms with E-state index in [1.807, 2.05) is 0 Å². The van der Waals surface area contributed by atoms with E-state index in [0.29, 0.717) is 22.9 Å². The first-order valence-corrected chi connectivity index (χ1v) is 9.75. The average Bonchev–Trinajstić information content (AvgIpc) is 2.41. The summed E-state index contributed by atoms with van der Waals surface area (Å²) in [5.41, 5.74) is 0. The first-order chi connectivity index (χ1) is 9.56. The van der Waals surface area contributed by atoms with Crippen LogP contribution >= 0.6 is 11.8 Å². The molecule has 0 N–H and O–H groups in total. The molecule has 0 radical (unpaired) electrons. The molecule has 1 aliphatic carbocycles. The monoisotopic (exact) mass is 298 g/mol. The van der Waals surface area contributed by atoms with E-state index in [-0.39, 0.29) is 5.92 Å². The largest absolute Gasteiger partial charge is 0.299 e. The van der Waals surface area contributed by atoms with Gasteiger partial charge in [-0.3, -0.25) is 4.79 Å². The van der Waals surface area contributed by atoms with E-state index < -0.39 is 0 Å². The van der Waals surface area contributed by atoms with Crippen molar-refractivity contribution in [2.75, 3.05) is 5.75 Å². The van der Waals surface area contributed by atoms with Crippen LogP contribution in [0.25, 0.3) is 0 Å². The molecule has 0 saturated heterocycles. The Labute approximate surface area is 130 Å². The average molecular weight is 299 g/mol. The maximum atomic E-state index is 12.1. The number of hydrogen-bond acceptors (Lipinski definition) is 2. The van der Waals surface area contributed by atoms with Crippen molar-refractivity contribution in [3.63, 3.8) is 0 Å². The van der Waals surface area contributed by atoms with Gasteiger partial charge in [-0.25, -0.2) is 0 Å². The molecule has 3 unspecified atom stereocenters. The van der Waals surface area contributed by atoms with Crippen molar-refractivity contribution in [1.82, 2.24) is 0 Å². The van der Waals surface area contributed by atoms with Crippen molar-refractivity contribution in [3.05, 3.63) is 0 Å². The summed E-state index contributed by atoms with van der Waals surface area (Å²) >= 11 is 2.07. The molecule has 20 heavy (non-hydrogen) atoms. The molecule has 0 aromatic rings. The summed E-state index contributed by atoms with van der Waals surface area (Å²) in [4.78, 5) is 12.1. The van der Waals surface area contributed by atoms with Crippen molar-refractivity contribution in [2.45, 2.75) is 84.3 Å². The Kier molecular flexibility index (Phi) is 8.91. The molecule has 0 aromatic carbocycles. The van der Waals surface area contributed by atoms with Gasteiger partial charge in [-0.1, -0.05) is 59.8 Å². The second kappa shape index (κ2) is 9.87. The number of thioether (sulfide) groups is 1. The molecule has 0 bridgehead atoms. The van der Waals surface area contributed by atoms with Crippen molar-refractivity contribution in [1.29, 1.82) is 0 Å². The van der Waals surface area contributed by atoms with E-state index in [2.05, 4.69) is 39.5 Å². The molecule has 1 fully saturated rings. The lowest BCUT2D eigenvalue weighted by molar-refractivity contribution is -0.125. The van der Waals surface area contributed by atoms with Crippen LogP contribution in [0.15, 0.2) is 0 Å². The summed E-state index contributed by atoms with van der Waals surface area (Å²) in [5.74, 6) is 3.33. The van der Waals surface area contributed by atoms with Crippen LogP contribution in [0.3, 0.4) is 0 Å². The summed E-state index contributed by atoms with van der Waals surface area (Å²) in [6, 6.07) is 0. The van der Waals surface area contributed by atoms with Crippen LogP contribution in [0.4, 0.5) is 0 Å². The zero-order chi connectivity index (χ0) is 15.0. The molecule has 118 valence electrons. The minimum absolute atomic E-state index is 0.287. The van der Waals surface area contributed by atoms with E-state index in [1.54, 1.807) is 0 Å². The molecule has 1 nitrogen and oxygen atoms in total. The van der Waals surface area contributed by atoms with Crippen LogP contribution in [-0.4, -0.2) is 16.8 Å². The highest BCUT2D eigenvalue weighted by molar-refractivity contribution is 7.99. The minimum atomic E-state index is 0.287. The number of carbonyl (C=O) groups excluding carboxylic acids is 1. The van der Waals surface area contributed by atoms with Crippen LogP contribution < -0.4 is 0 Å². The highest BCUT2D eigenvalue weighted by Gasteiger charge is 2.34. The number of carbonyl (C=O) groups is 1. The third-order valence-electron chi connectivity index (χ3n) is 4.84. The molecule has 0 heterocycles. The van der Waals surface area contributed by atoms with Crippen molar-refractivity contribution < 1.29 is 4.79 Å². The third kappa shape index (κ3) is 6.20. The maximum Gasteiger partial charge on any atom is 0.137 e. The maximum absolute atomic E-state index is 12.1. The molecule has 1 rings (SSSR count).